The molecular weight excluding hydrogens is 442 g/mol. The van der Waals surface area contributed by atoms with Crippen LogP contribution >= 0.6 is 11.6 Å². The quantitative estimate of drug-likeness (QED) is 0.751. The number of hydrogen-bond donors (Lipinski definition) is 1. The van der Waals surface area contributed by atoms with E-state index in [9.17, 15) is 18.0 Å². The van der Waals surface area contributed by atoms with Crippen LogP contribution in [0, 0.1) is 0 Å². The van der Waals surface area contributed by atoms with Crippen molar-refractivity contribution in [3.8, 4) is 5.75 Å². The van der Waals surface area contributed by atoms with E-state index < -0.39 is 16.1 Å². The number of piperazine rings is 1. The normalized spacial score (nSPS) is 19.4. The smallest absolute Gasteiger partial charge is 0.265 e. The highest BCUT2D eigenvalue weighted by Gasteiger charge is 2.33. The lowest BCUT2D eigenvalue weighted by atomic mass is 10.2. The summed E-state index contributed by atoms with van der Waals surface area (Å²) in [6.45, 7) is 2.68. The second-order valence-electron chi connectivity index (χ2n) is 7.34. The van der Waals surface area contributed by atoms with Crippen LogP contribution in [0.5, 0.6) is 5.75 Å². The molecule has 1 fully saturated rings. The van der Waals surface area contributed by atoms with Gasteiger partial charge in [0.15, 0.2) is 6.10 Å². The molecule has 0 radical (unpaired) electrons. The van der Waals surface area contributed by atoms with Gasteiger partial charge in [-0.05, 0) is 36.8 Å². The maximum Gasteiger partial charge on any atom is 0.265 e. The summed E-state index contributed by atoms with van der Waals surface area (Å²) in [4.78, 5) is 26.4. The van der Waals surface area contributed by atoms with Gasteiger partial charge in [0.2, 0.25) is 10.0 Å². The van der Waals surface area contributed by atoms with Crippen LogP contribution in [0.25, 0.3) is 0 Å². The Bertz CT molecular complexity index is 1130. The zero-order valence-corrected chi connectivity index (χ0v) is 18.4. The minimum absolute atomic E-state index is 0.0657. The van der Waals surface area contributed by atoms with Crippen molar-refractivity contribution in [3.63, 3.8) is 0 Å². The first-order valence-electron chi connectivity index (χ1n) is 9.97. The number of halogens is 1. The number of ether oxygens (including phenoxy) is 1. The number of amides is 2. The van der Waals surface area contributed by atoms with E-state index in [1.807, 2.05) is 6.92 Å². The van der Waals surface area contributed by atoms with Gasteiger partial charge in [0.25, 0.3) is 11.8 Å². The van der Waals surface area contributed by atoms with Gasteiger partial charge in [0.05, 0.1) is 21.2 Å². The zero-order valence-electron chi connectivity index (χ0n) is 16.9. The number of carbonyl (C=O) groups is 2. The third-order valence-electron chi connectivity index (χ3n) is 5.41. The summed E-state index contributed by atoms with van der Waals surface area (Å²) in [5, 5.41) is 3.08. The van der Waals surface area contributed by atoms with E-state index in [-0.39, 0.29) is 42.9 Å². The number of nitrogens with one attached hydrogen (secondary N) is 1. The molecule has 2 aliphatic rings. The average molecular weight is 464 g/mol. The molecule has 1 N–H and O–H groups in total. The van der Waals surface area contributed by atoms with Gasteiger partial charge in [-0.2, -0.15) is 4.31 Å². The summed E-state index contributed by atoms with van der Waals surface area (Å²) in [5.74, 6) is -0.0708. The first-order valence-corrected chi connectivity index (χ1v) is 11.8. The van der Waals surface area contributed by atoms with Crippen LogP contribution in [0.3, 0.4) is 0 Å². The Morgan fingerprint density at radius 3 is 2.55 bits per heavy atom. The van der Waals surface area contributed by atoms with E-state index in [0.717, 1.165) is 0 Å². The lowest BCUT2D eigenvalue weighted by Crippen LogP contribution is -2.50. The molecule has 8 nitrogen and oxygen atoms in total. The predicted molar refractivity (Wildman–Crippen MR) is 116 cm³/mol. The van der Waals surface area contributed by atoms with Crippen molar-refractivity contribution < 1.29 is 22.7 Å². The molecule has 0 unspecified atom stereocenters. The molecule has 0 saturated carbocycles. The molecule has 0 aliphatic carbocycles. The van der Waals surface area contributed by atoms with Crippen molar-refractivity contribution in [2.24, 2.45) is 0 Å². The fourth-order valence-electron chi connectivity index (χ4n) is 3.64. The van der Waals surface area contributed by atoms with E-state index >= 15 is 0 Å². The minimum Gasteiger partial charge on any atom is -0.478 e. The second-order valence-corrected chi connectivity index (χ2v) is 9.68. The van der Waals surface area contributed by atoms with Crippen molar-refractivity contribution in [1.82, 2.24) is 9.21 Å². The number of hydrogen-bond acceptors (Lipinski definition) is 5. The molecule has 2 heterocycles. The Labute approximate surface area is 185 Å². The molecule has 2 amide bonds. The van der Waals surface area contributed by atoms with E-state index in [1.165, 1.54) is 16.4 Å². The number of fused-ring (bicyclic) bond motifs is 1. The number of sulfonamides is 1. The first-order chi connectivity index (χ1) is 14.8. The Hall–Kier alpha value is -2.62. The average Bonchev–Trinajstić information content (AvgIpc) is 2.78. The standard InChI is InChI=1S/C21H22ClN3O5S/c1-2-18-20(26)23-17-13-14(7-8-19(17)30-18)31(28,29)25-11-9-24(10-12-25)21(27)15-5-3-4-6-16(15)22/h3-8,13,18H,2,9-12H2,1H3,(H,23,26)/t18-/m1/s1. The number of anilines is 1. The summed E-state index contributed by atoms with van der Waals surface area (Å²) in [5.41, 5.74) is 0.736. The van der Waals surface area contributed by atoms with Crippen molar-refractivity contribution in [1.29, 1.82) is 0 Å². The Morgan fingerprint density at radius 2 is 1.87 bits per heavy atom. The lowest BCUT2D eigenvalue weighted by Gasteiger charge is -2.34. The largest absolute Gasteiger partial charge is 0.478 e. The molecule has 0 bridgehead atoms. The SMILES string of the molecule is CC[C@H]1Oc2ccc(S(=O)(=O)N3CCN(C(=O)c4ccccc4Cl)CC3)cc2NC1=O. The van der Waals surface area contributed by atoms with E-state index in [0.29, 0.717) is 28.4 Å². The molecule has 0 spiro atoms. The fourth-order valence-corrected chi connectivity index (χ4v) is 5.31. The van der Waals surface area contributed by atoms with Crippen LogP contribution in [-0.4, -0.2) is 61.7 Å². The van der Waals surface area contributed by atoms with E-state index in [1.54, 1.807) is 35.2 Å². The second kappa shape index (κ2) is 8.49. The molecule has 1 atom stereocenters. The molecular formula is C21H22ClN3O5S. The van der Waals surface area contributed by atoms with Crippen LogP contribution < -0.4 is 10.1 Å². The number of nitrogens with zero attached hydrogens (tertiary/aromatic N) is 2. The van der Waals surface area contributed by atoms with E-state index in [4.69, 9.17) is 16.3 Å². The zero-order chi connectivity index (χ0) is 22.2. The first kappa shape index (κ1) is 21.6. The van der Waals surface area contributed by atoms with Gasteiger partial charge in [-0.1, -0.05) is 30.7 Å². The molecule has 164 valence electrons. The third-order valence-corrected chi connectivity index (χ3v) is 7.63. The van der Waals surface area contributed by atoms with Crippen LogP contribution in [0.1, 0.15) is 23.7 Å². The molecule has 10 heteroatoms. The van der Waals surface area contributed by atoms with Gasteiger partial charge >= 0.3 is 0 Å². The number of carbonyl (C=O) groups excluding carboxylic acids is 2. The van der Waals surface area contributed by atoms with Gasteiger partial charge in [0, 0.05) is 26.2 Å². The van der Waals surface area contributed by atoms with Gasteiger partial charge in [0.1, 0.15) is 5.75 Å². The minimum atomic E-state index is -3.79. The summed E-state index contributed by atoms with van der Waals surface area (Å²) < 4.78 is 33.2. The van der Waals surface area contributed by atoms with Gasteiger partial charge in [-0.15, -0.1) is 0 Å². The topological polar surface area (TPSA) is 96.0 Å². The van der Waals surface area contributed by atoms with Crippen LogP contribution in [0.15, 0.2) is 47.4 Å². The Kier molecular flexibility index (Phi) is 5.92. The molecule has 0 aromatic heterocycles. The molecule has 4 rings (SSSR count). The highest BCUT2D eigenvalue weighted by atomic mass is 35.5. The molecule has 1 saturated heterocycles. The summed E-state index contributed by atoms with van der Waals surface area (Å²) in [6.07, 6.45) is -0.0682. The highest BCUT2D eigenvalue weighted by Crippen LogP contribution is 2.33. The molecule has 2 aromatic rings. The summed E-state index contributed by atoms with van der Waals surface area (Å²) >= 11 is 6.11. The molecule has 31 heavy (non-hydrogen) atoms. The highest BCUT2D eigenvalue weighted by molar-refractivity contribution is 7.89. The van der Waals surface area contributed by atoms with Crippen molar-refractivity contribution in [3.05, 3.63) is 53.1 Å². The number of benzene rings is 2. The third kappa shape index (κ3) is 4.13. The lowest BCUT2D eigenvalue weighted by molar-refractivity contribution is -0.123. The van der Waals surface area contributed by atoms with Crippen molar-refractivity contribution >= 4 is 39.1 Å². The Morgan fingerprint density at radius 1 is 1.16 bits per heavy atom. The number of rotatable bonds is 4. The van der Waals surface area contributed by atoms with E-state index in [2.05, 4.69) is 5.32 Å². The summed E-state index contributed by atoms with van der Waals surface area (Å²) in [6, 6.07) is 11.2. The maximum atomic E-state index is 13.1. The van der Waals surface area contributed by atoms with Gasteiger partial charge in [-0.3, -0.25) is 9.59 Å². The van der Waals surface area contributed by atoms with Gasteiger partial charge in [-0.25, -0.2) is 8.42 Å². The van der Waals surface area contributed by atoms with Crippen molar-refractivity contribution in [2.75, 3.05) is 31.5 Å². The van der Waals surface area contributed by atoms with Gasteiger partial charge < -0.3 is 15.0 Å². The van der Waals surface area contributed by atoms with Crippen LogP contribution in [0.2, 0.25) is 5.02 Å². The maximum absolute atomic E-state index is 13.1. The van der Waals surface area contributed by atoms with Crippen LogP contribution in [-0.2, 0) is 14.8 Å². The predicted octanol–water partition coefficient (Wildman–Crippen LogP) is 2.60. The van der Waals surface area contributed by atoms with Crippen LogP contribution in [0.4, 0.5) is 5.69 Å². The Balaban J connectivity index is 1.47. The fraction of sp³-hybridized carbons (Fsp3) is 0.333. The molecule has 2 aliphatic heterocycles. The monoisotopic (exact) mass is 463 g/mol. The molecule has 2 aromatic carbocycles. The summed E-state index contributed by atoms with van der Waals surface area (Å²) in [7, 11) is -3.79. The van der Waals surface area contributed by atoms with Crippen molar-refractivity contribution in [2.45, 2.75) is 24.3 Å².